The standard InChI is InChI=1S/C29H28N2.C6H6/c1-30(2)29-18-17-21(19-22(29)20-29)24-13-9-10-15-26-25-14-7-4-8-16-27(25)31(28(24)26)23-11-5-3-6-12-23;1-2-4-6-5-3-1/h3,5-12,14-19,22H,4,13,20H2,1-2H3;1-6H. The van der Waals surface area contributed by atoms with Crippen molar-refractivity contribution >= 4 is 23.8 Å². The third-order valence-electron chi connectivity index (χ3n) is 7.95. The van der Waals surface area contributed by atoms with Crippen LogP contribution in [-0.4, -0.2) is 29.1 Å². The van der Waals surface area contributed by atoms with Crippen molar-refractivity contribution in [2.24, 2.45) is 5.92 Å². The molecular weight excluding hydrogens is 448 g/mol. The Balaban J connectivity index is 0.000000372. The van der Waals surface area contributed by atoms with Crippen LogP contribution < -0.4 is 10.6 Å². The lowest BCUT2D eigenvalue weighted by molar-refractivity contribution is 0.311. The normalized spacial score (nSPS) is 22.5. The number of fused-ring (bicyclic) bond motifs is 4. The van der Waals surface area contributed by atoms with E-state index in [1.807, 2.05) is 36.4 Å². The van der Waals surface area contributed by atoms with Crippen molar-refractivity contribution in [3.63, 3.8) is 0 Å². The second-order valence-corrected chi connectivity index (χ2v) is 10.4. The van der Waals surface area contributed by atoms with Crippen molar-refractivity contribution in [2.75, 3.05) is 14.1 Å². The molecule has 0 saturated heterocycles. The second kappa shape index (κ2) is 9.88. The van der Waals surface area contributed by atoms with Gasteiger partial charge in [0, 0.05) is 27.9 Å². The Morgan fingerprint density at radius 3 is 2.24 bits per heavy atom. The van der Waals surface area contributed by atoms with Gasteiger partial charge in [-0.1, -0.05) is 109 Å². The molecule has 2 aromatic carbocycles. The molecule has 3 aromatic rings. The Hall–Kier alpha value is -3.88. The SMILES string of the molecule is CN(C)C12C=CC(C3=c4c(c5c(n4-c4ccccc4)C=CCC=C5)=CC=CC3)=CC1C2.c1ccccc1. The van der Waals surface area contributed by atoms with Gasteiger partial charge in [0.15, 0.2) is 0 Å². The molecule has 4 aliphatic rings. The van der Waals surface area contributed by atoms with Crippen LogP contribution in [0, 0.1) is 5.92 Å². The molecule has 1 fully saturated rings. The molecule has 0 amide bonds. The average Bonchev–Trinajstić information content (AvgIpc) is 3.70. The van der Waals surface area contributed by atoms with E-state index in [0.717, 1.165) is 12.8 Å². The Kier molecular flexibility index (Phi) is 6.28. The predicted octanol–water partition coefficient (Wildman–Crippen LogP) is 6.30. The van der Waals surface area contributed by atoms with Gasteiger partial charge in [-0.3, -0.25) is 4.90 Å². The van der Waals surface area contributed by atoms with Gasteiger partial charge in [-0.15, -0.1) is 0 Å². The van der Waals surface area contributed by atoms with Gasteiger partial charge in [0.25, 0.3) is 0 Å². The summed E-state index contributed by atoms with van der Waals surface area (Å²) in [4.78, 5) is 2.38. The molecular formula is C35H34N2. The highest BCUT2D eigenvalue weighted by Gasteiger charge is 2.54. The first kappa shape index (κ1) is 23.5. The third-order valence-corrected chi connectivity index (χ3v) is 7.95. The number of hydrogen-bond acceptors (Lipinski definition) is 1. The van der Waals surface area contributed by atoms with E-state index in [-0.39, 0.29) is 5.54 Å². The average molecular weight is 483 g/mol. The molecule has 1 saturated carbocycles. The van der Waals surface area contributed by atoms with Crippen LogP contribution in [0.2, 0.25) is 0 Å². The maximum atomic E-state index is 2.53. The first-order valence-electron chi connectivity index (χ1n) is 13.3. The molecule has 4 aliphatic carbocycles. The van der Waals surface area contributed by atoms with Crippen molar-refractivity contribution < 1.29 is 0 Å². The highest BCUT2D eigenvalue weighted by Crippen LogP contribution is 2.53. The van der Waals surface area contributed by atoms with E-state index in [9.17, 15) is 0 Å². The molecule has 0 bridgehead atoms. The zero-order valence-corrected chi connectivity index (χ0v) is 21.7. The second-order valence-electron chi connectivity index (χ2n) is 10.4. The summed E-state index contributed by atoms with van der Waals surface area (Å²) in [6, 6.07) is 22.8. The minimum atomic E-state index is 0.240. The molecule has 1 aromatic heterocycles. The van der Waals surface area contributed by atoms with Gasteiger partial charge in [-0.2, -0.15) is 0 Å². The number of benzene rings is 2. The Morgan fingerprint density at radius 1 is 0.838 bits per heavy atom. The van der Waals surface area contributed by atoms with Crippen LogP contribution in [0.4, 0.5) is 0 Å². The van der Waals surface area contributed by atoms with E-state index in [4.69, 9.17) is 0 Å². The molecule has 184 valence electrons. The lowest BCUT2D eigenvalue weighted by atomic mass is 9.94. The first-order chi connectivity index (χ1) is 18.2. The monoisotopic (exact) mass is 482 g/mol. The van der Waals surface area contributed by atoms with Gasteiger partial charge in [0.2, 0.25) is 0 Å². The van der Waals surface area contributed by atoms with Crippen LogP contribution in [-0.2, 0) is 0 Å². The molecule has 0 aliphatic heterocycles. The number of likely N-dealkylation sites (N-methyl/N-ethyl adjacent to an activating group) is 1. The number of rotatable bonds is 3. The fourth-order valence-electron chi connectivity index (χ4n) is 5.87. The lowest BCUT2D eigenvalue weighted by Gasteiger charge is -2.24. The molecule has 2 heteroatoms. The molecule has 7 rings (SSSR count). The van der Waals surface area contributed by atoms with E-state index in [0.29, 0.717) is 5.92 Å². The highest BCUT2D eigenvalue weighted by atomic mass is 15.2. The van der Waals surface area contributed by atoms with Crippen LogP contribution in [0.5, 0.6) is 0 Å². The van der Waals surface area contributed by atoms with Crippen molar-refractivity contribution in [1.29, 1.82) is 0 Å². The number of para-hydroxylation sites is 1. The molecule has 1 heterocycles. The minimum absolute atomic E-state index is 0.240. The van der Waals surface area contributed by atoms with Crippen molar-refractivity contribution in [3.8, 4) is 5.69 Å². The van der Waals surface area contributed by atoms with Crippen molar-refractivity contribution in [1.82, 2.24) is 9.47 Å². The summed E-state index contributed by atoms with van der Waals surface area (Å²) >= 11 is 0. The van der Waals surface area contributed by atoms with Gasteiger partial charge in [0.05, 0.1) is 11.0 Å². The Bertz CT molecular complexity index is 1530. The van der Waals surface area contributed by atoms with Gasteiger partial charge in [0.1, 0.15) is 0 Å². The largest absolute Gasteiger partial charge is 0.309 e. The highest BCUT2D eigenvalue weighted by molar-refractivity contribution is 5.77. The van der Waals surface area contributed by atoms with Crippen LogP contribution in [0.25, 0.3) is 29.5 Å². The van der Waals surface area contributed by atoms with E-state index in [2.05, 4.69) is 115 Å². The zero-order chi connectivity index (χ0) is 25.2. The number of nitrogens with zero attached hydrogens (tertiary/aromatic N) is 2. The van der Waals surface area contributed by atoms with Crippen molar-refractivity contribution in [2.45, 2.75) is 24.8 Å². The van der Waals surface area contributed by atoms with E-state index < -0.39 is 0 Å². The summed E-state index contributed by atoms with van der Waals surface area (Å²) < 4.78 is 2.48. The lowest BCUT2D eigenvalue weighted by Crippen LogP contribution is -2.33. The van der Waals surface area contributed by atoms with Gasteiger partial charge in [-0.05, 0) is 62.7 Å². The number of allylic oxidation sites excluding steroid dienone is 6. The van der Waals surface area contributed by atoms with Gasteiger partial charge in [-0.25, -0.2) is 0 Å². The molecule has 0 spiro atoms. The van der Waals surface area contributed by atoms with Crippen molar-refractivity contribution in [3.05, 3.63) is 137 Å². The molecule has 2 unspecified atom stereocenters. The topological polar surface area (TPSA) is 8.17 Å². The van der Waals surface area contributed by atoms with E-state index in [1.165, 1.54) is 45.1 Å². The summed E-state index contributed by atoms with van der Waals surface area (Å²) in [6.07, 6.45) is 26.5. The fraction of sp³-hybridized carbons (Fsp3) is 0.200. The summed E-state index contributed by atoms with van der Waals surface area (Å²) in [5.74, 6) is 0.618. The van der Waals surface area contributed by atoms with E-state index in [1.54, 1.807) is 0 Å². The Labute approximate surface area is 220 Å². The molecule has 0 radical (unpaired) electrons. The van der Waals surface area contributed by atoms with Crippen LogP contribution in [0.1, 0.15) is 30.5 Å². The molecule has 37 heavy (non-hydrogen) atoms. The first-order valence-corrected chi connectivity index (χ1v) is 13.3. The molecule has 2 nitrogen and oxygen atoms in total. The summed E-state index contributed by atoms with van der Waals surface area (Å²) in [5, 5.41) is 2.67. The molecule has 0 N–H and O–H groups in total. The zero-order valence-electron chi connectivity index (χ0n) is 21.7. The smallest absolute Gasteiger partial charge is 0.0582 e. The Morgan fingerprint density at radius 2 is 1.54 bits per heavy atom. The quantitative estimate of drug-likeness (QED) is 0.425. The summed E-state index contributed by atoms with van der Waals surface area (Å²) in [7, 11) is 4.40. The fourth-order valence-corrected chi connectivity index (χ4v) is 5.87. The molecule has 2 atom stereocenters. The van der Waals surface area contributed by atoms with Gasteiger partial charge >= 0.3 is 0 Å². The maximum absolute atomic E-state index is 2.53. The summed E-state index contributed by atoms with van der Waals surface area (Å²) in [6.45, 7) is 0. The maximum Gasteiger partial charge on any atom is 0.0582 e. The third kappa shape index (κ3) is 4.32. The van der Waals surface area contributed by atoms with Crippen LogP contribution in [0.15, 0.2) is 115 Å². The number of hydrogen-bond donors (Lipinski definition) is 0. The van der Waals surface area contributed by atoms with Gasteiger partial charge < -0.3 is 4.57 Å². The minimum Gasteiger partial charge on any atom is -0.309 e. The van der Waals surface area contributed by atoms with Crippen LogP contribution >= 0.6 is 0 Å². The number of aromatic nitrogens is 1. The predicted molar refractivity (Wildman–Crippen MR) is 158 cm³/mol. The van der Waals surface area contributed by atoms with Crippen LogP contribution in [0.3, 0.4) is 0 Å². The summed E-state index contributed by atoms with van der Waals surface area (Å²) in [5.41, 5.74) is 6.88. The van der Waals surface area contributed by atoms with E-state index >= 15 is 0 Å².